The molecule has 0 rings (SSSR count). The van der Waals surface area contributed by atoms with Crippen LogP contribution in [0.15, 0.2) is 0 Å². The molecule has 362 valence electrons. The lowest BCUT2D eigenvalue weighted by Gasteiger charge is -2.10. The minimum absolute atomic E-state index is 0.0331. The van der Waals surface area contributed by atoms with Gasteiger partial charge in [0.15, 0.2) is 0 Å². The molecule has 0 fully saturated rings. The first-order chi connectivity index (χ1) is 29.5. The molecule has 0 aromatic carbocycles. The zero-order valence-corrected chi connectivity index (χ0v) is 41.5. The van der Waals surface area contributed by atoms with Gasteiger partial charge in [-0.3, -0.25) is 4.79 Å². The average Bonchev–Trinajstić information content (AvgIpc) is 3.25. The van der Waals surface area contributed by atoms with Crippen molar-refractivity contribution in [3.05, 3.63) is 0 Å². The summed E-state index contributed by atoms with van der Waals surface area (Å²) >= 11 is 0. The molecule has 0 aromatic heterocycles. The second-order valence-corrected chi connectivity index (χ2v) is 19.0. The average molecular weight is 853 g/mol. The summed E-state index contributed by atoms with van der Waals surface area (Å²) < 4.78 is 4.86. The molecule has 0 aliphatic rings. The Kier molecular flexibility index (Phi) is 57.7. The molecule has 3 N–H and O–H groups in total. The highest BCUT2D eigenvalue weighted by Gasteiger charge is 2.08. The maximum atomic E-state index is 11.4. The maximum absolute atomic E-state index is 11.4. The highest BCUT2D eigenvalue weighted by Crippen LogP contribution is 2.18. The molecule has 0 bridgehead atoms. The minimum Gasteiger partial charge on any atom is -0.463 e. The smallest absolute Gasteiger partial charge is 0.305 e. The summed E-state index contributed by atoms with van der Waals surface area (Å²) in [5.41, 5.74) is 0. The molecule has 2 atom stereocenters. The maximum Gasteiger partial charge on any atom is 0.305 e. The lowest BCUT2D eigenvalue weighted by molar-refractivity contribution is -0.147. The Morgan fingerprint density at radius 2 is 0.550 bits per heavy atom. The van der Waals surface area contributed by atoms with Crippen LogP contribution in [-0.4, -0.2) is 46.7 Å². The fourth-order valence-corrected chi connectivity index (χ4v) is 8.42. The predicted octanol–water partition coefficient (Wildman–Crippen LogP) is 17.6. The van der Waals surface area contributed by atoms with E-state index in [1.54, 1.807) is 0 Å². The first-order valence-electron chi connectivity index (χ1n) is 27.6. The normalized spacial score (nSPS) is 12.4. The quantitative estimate of drug-likeness (QED) is 0.0419. The number of unbranched alkanes of at least 4 members (excludes halogenated alkanes) is 41. The fourth-order valence-electron chi connectivity index (χ4n) is 8.42. The Bertz CT molecular complexity index is 759. The van der Waals surface area contributed by atoms with E-state index in [1.165, 1.54) is 270 Å². The Morgan fingerprint density at radius 3 is 0.783 bits per heavy atom. The van der Waals surface area contributed by atoms with Crippen LogP contribution in [0.4, 0.5) is 0 Å². The number of ether oxygens (including phenoxy) is 1. The zero-order chi connectivity index (χ0) is 44.1. The van der Waals surface area contributed by atoms with E-state index in [1.807, 2.05) is 0 Å². The van der Waals surface area contributed by atoms with Gasteiger partial charge >= 0.3 is 5.97 Å². The van der Waals surface area contributed by atoms with Gasteiger partial charge in [-0.05, 0) is 19.3 Å². The number of aliphatic hydroxyl groups excluding tert-OH is 3. The number of hydrogen-bond acceptors (Lipinski definition) is 5. The lowest BCUT2D eigenvalue weighted by atomic mass is 10.0. The van der Waals surface area contributed by atoms with Crippen LogP contribution in [-0.2, 0) is 9.53 Å². The number of aliphatic hydroxyl groups is 3. The van der Waals surface area contributed by atoms with E-state index < -0.39 is 6.10 Å². The lowest BCUT2D eigenvalue weighted by Crippen LogP contribution is -2.21. The number of hydrogen-bond donors (Lipinski definition) is 3. The molecule has 0 aliphatic carbocycles. The van der Waals surface area contributed by atoms with Crippen molar-refractivity contribution in [2.45, 2.75) is 335 Å². The predicted molar refractivity (Wildman–Crippen MR) is 264 cm³/mol. The molecule has 0 aromatic rings. The van der Waals surface area contributed by atoms with Crippen LogP contribution in [0.25, 0.3) is 0 Å². The van der Waals surface area contributed by atoms with E-state index in [0.717, 1.165) is 25.7 Å². The van der Waals surface area contributed by atoms with Crippen molar-refractivity contribution in [1.29, 1.82) is 0 Å². The summed E-state index contributed by atoms with van der Waals surface area (Å²) in [4.78, 5) is 11.4. The number of carbonyl (C=O) groups is 1. The topological polar surface area (TPSA) is 87.0 Å². The molecule has 0 spiro atoms. The van der Waals surface area contributed by atoms with E-state index in [2.05, 4.69) is 20.8 Å². The monoisotopic (exact) mass is 853 g/mol. The van der Waals surface area contributed by atoms with Crippen LogP contribution < -0.4 is 0 Å². The van der Waals surface area contributed by atoms with E-state index >= 15 is 0 Å². The third kappa shape index (κ3) is 57.3. The third-order valence-corrected chi connectivity index (χ3v) is 12.7. The van der Waals surface area contributed by atoms with Crippen molar-refractivity contribution in [3.8, 4) is 0 Å². The zero-order valence-electron chi connectivity index (χ0n) is 41.5. The van der Waals surface area contributed by atoms with E-state index in [9.17, 15) is 9.90 Å². The third-order valence-electron chi connectivity index (χ3n) is 12.7. The van der Waals surface area contributed by atoms with E-state index in [-0.39, 0.29) is 25.3 Å². The van der Waals surface area contributed by atoms with Crippen LogP contribution in [0.2, 0.25) is 0 Å². The highest BCUT2D eigenvalue weighted by atomic mass is 16.5. The highest BCUT2D eigenvalue weighted by molar-refractivity contribution is 5.69. The fraction of sp³-hybridized carbons (Fsp3) is 0.982. The van der Waals surface area contributed by atoms with Gasteiger partial charge in [0.2, 0.25) is 0 Å². The van der Waals surface area contributed by atoms with Crippen LogP contribution in [0.1, 0.15) is 323 Å². The molecule has 0 saturated carbocycles. The van der Waals surface area contributed by atoms with Gasteiger partial charge < -0.3 is 20.1 Å². The van der Waals surface area contributed by atoms with Gasteiger partial charge in [0.05, 0.1) is 12.7 Å². The van der Waals surface area contributed by atoms with Crippen molar-refractivity contribution in [2.24, 2.45) is 0 Å². The largest absolute Gasteiger partial charge is 0.463 e. The van der Waals surface area contributed by atoms with Gasteiger partial charge in [0, 0.05) is 6.42 Å². The molecule has 2 unspecified atom stereocenters. The molecule has 0 heterocycles. The first-order valence-corrected chi connectivity index (χ1v) is 27.6. The van der Waals surface area contributed by atoms with Crippen LogP contribution in [0, 0.1) is 0 Å². The summed E-state index contributed by atoms with van der Waals surface area (Å²) in [6, 6.07) is 0. The second-order valence-electron chi connectivity index (χ2n) is 19.0. The molecule has 0 amide bonds. The summed E-state index contributed by atoms with van der Waals surface area (Å²) in [6.07, 6.45) is 62.0. The van der Waals surface area contributed by atoms with Gasteiger partial charge in [-0.15, -0.1) is 0 Å². The van der Waals surface area contributed by atoms with E-state index in [4.69, 9.17) is 14.9 Å². The SMILES string of the molecule is CCCCCCCCCCCCCCCCCC(=O)OCC(O)CO.CCCCCCCCCCCCCCCCCC(O)CCCCCCCCCCCCCCCC. The molecule has 0 aliphatic heterocycles. The van der Waals surface area contributed by atoms with Gasteiger partial charge in [0.1, 0.15) is 12.7 Å². The van der Waals surface area contributed by atoms with Crippen molar-refractivity contribution >= 4 is 5.97 Å². The minimum atomic E-state index is -0.954. The number of carbonyl (C=O) groups excluding carboxylic acids is 1. The molecular weight excluding hydrogens is 741 g/mol. The van der Waals surface area contributed by atoms with Crippen LogP contribution in [0.5, 0.6) is 0 Å². The van der Waals surface area contributed by atoms with Crippen molar-refractivity contribution in [1.82, 2.24) is 0 Å². The van der Waals surface area contributed by atoms with Gasteiger partial charge in [-0.1, -0.05) is 297 Å². The Balaban J connectivity index is 0. The van der Waals surface area contributed by atoms with Gasteiger partial charge in [0.25, 0.3) is 0 Å². The Labute approximate surface area is 377 Å². The summed E-state index contributed by atoms with van der Waals surface area (Å²) in [5.74, 6) is -0.276. The number of rotatable bonds is 50. The molecule has 60 heavy (non-hydrogen) atoms. The Morgan fingerprint density at radius 1 is 0.333 bits per heavy atom. The first kappa shape index (κ1) is 61.4. The Hall–Kier alpha value is -0.650. The molecule has 5 heteroatoms. The van der Waals surface area contributed by atoms with Crippen LogP contribution >= 0.6 is 0 Å². The van der Waals surface area contributed by atoms with Gasteiger partial charge in [-0.25, -0.2) is 0 Å². The summed E-state index contributed by atoms with van der Waals surface area (Å²) in [6.45, 7) is 6.39. The molecule has 5 nitrogen and oxygen atoms in total. The molecule has 0 radical (unpaired) electrons. The van der Waals surface area contributed by atoms with Crippen molar-refractivity contribution < 1.29 is 24.9 Å². The molecule has 0 saturated heterocycles. The van der Waals surface area contributed by atoms with Gasteiger partial charge in [-0.2, -0.15) is 0 Å². The number of esters is 1. The standard InChI is InChI=1S/C34H70O.C21H42O4/c1-3-5-7-9-11-13-15-17-19-21-23-25-27-29-31-33-34(35)32-30-28-26-24-22-20-18-16-14-12-10-8-6-4-2;1-2-3-4-5-6-7-8-9-10-11-12-13-14-15-16-17-21(24)25-19-20(23)18-22/h34-35H,3-33H2,1-2H3;20,22-23H,2-19H2,1H3. The van der Waals surface area contributed by atoms with E-state index in [0.29, 0.717) is 6.42 Å². The second kappa shape index (κ2) is 56.4. The van der Waals surface area contributed by atoms with Crippen LogP contribution in [0.3, 0.4) is 0 Å². The van der Waals surface area contributed by atoms with Crippen molar-refractivity contribution in [3.63, 3.8) is 0 Å². The summed E-state index contributed by atoms with van der Waals surface area (Å²) in [5, 5.41) is 28.0. The summed E-state index contributed by atoms with van der Waals surface area (Å²) in [7, 11) is 0. The molecular formula is C55H112O5. The van der Waals surface area contributed by atoms with Crippen molar-refractivity contribution in [2.75, 3.05) is 13.2 Å².